The third-order valence-electron chi connectivity index (χ3n) is 2.39. The van der Waals surface area contributed by atoms with Gasteiger partial charge in [0.15, 0.2) is 0 Å². The van der Waals surface area contributed by atoms with E-state index in [-0.39, 0.29) is 4.90 Å². The molecule has 0 bridgehead atoms. The molecule has 1 heterocycles. The number of halogens is 1. The minimum atomic E-state index is -3.73. The van der Waals surface area contributed by atoms with Gasteiger partial charge in [0.1, 0.15) is 0 Å². The predicted octanol–water partition coefficient (Wildman–Crippen LogP) is 2.36. The summed E-state index contributed by atoms with van der Waals surface area (Å²) >= 11 is 7.57. The summed E-state index contributed by atoms with van der Waals surface area (Å²) < 4.78 is 22.5. The van der Waals surface area contributed by atoms with Gasteiger partial charge in [0.2, 0.25) is 10.0 Å². The minimum Gasteiger partial charge on any atom is -0.379 e. The van der Waals surface area contributed by atoms with Gasteiger partial charge in [0.25, 0.3) is 0 Å². The van der Waals surface area contributed by atoms with E-state index in [1.807, 2.05) is 6.92 Å². The van der Waals surface area contributed by atoms with Crippen LogP contribution in [0, 0.1) is 6.92 Å². The smallest absolute Gasteiger partial charge is 0.238 e. The molecule has 0 saturated carbocycles. The fourth-order valence-corrected chi connectivity index (χ4v) is 2.95. The fraction of sp³-hybridized carbons (Fsp3) is 0.182. The highest BCUT2D eigenvalue weighted by Crippen LogP contribution is 2.25. The van der Waals surface area contributed by atoms with Crippen molar-refractivity contribution in [2.45, 2.75) is 18.4 Å². The number of sulfonamides is 1. The van der Waals surface area contributed by atoms with Gasteiger partial charge in [-0.15, -0.1) is 11.3 Å². The van der Waals surface area contributed by atoms with Gasteiger partial charge in [0, 0.05) is 11.1 Å². The number of primary sulfonamides is 1. The second kappa shape index (κ2) is 5.46. The van der Waals surface area contributed by atoms with Gasteiger partial charge in [-0.25, -0.2) is 18.5 Å². The number of hydrogen-bond donors (Lipinski definition) is 2. The molecule has 102 valence electrons. The van der Waals surface area contributed by atoms with Gasteiger partial charge >= 0.3 is 0 Å². The van der Waals surface area contributed by atoms with Crippen LogP contribution in [0.4, 0.5) is 5.69 Å². The molecule has 3 N–H and O–H groups in total. The first-order chi connectivity index (χ1) is 8.86. The molecule has 0 radical (unpaired) electrons. The van der Waals surface area contributed by atoms with Gasteiger partial charge in [0.05, 0.1) is 27.2 Å². The van der Waals surface area contributed by atoms with Crippen molar-refractivity contribution in [3.05, 3.63) is 39.3 Å². The fourth-order valence-electron chi connectivity index (χ4n) is 1.49. The molecule has 0 spiro atoms. The Hall–Kier alpha value is -1.15. The number of rotatable bonds is 4. The zero-order valence-electron chi connectivity index (χ0n) is 10.1. The van der Waals surface area contributed by atoms with Crippen LogP contribution in [0.1, 0.15) is 9.88 Å². The zero-order valence-corrected chi connectivity index (χ0v) is 12.4. The largest absolute Gasteiger partial charge is 0.379 e. The number of aromatic nitrogens is 1. The van der Waals surface area contributed by atoms with E-state index in [1.54, 1.807) is 17.5 Å². The average Bonchev–Trinajstić information content (AvgIpc) is 2.72. The summed E-state index contributed by atoms with van der Waals surface area (Å²) in [6.07, 6.45) is 1.77. The summed E-state index contributed by atoms with van der Waals surface area (Å²) in [5, 5.41) is 9.57. The molecule has 5 nitrogen and oxygen atoms in total. The standard InChI is InChI=1S/C11H12ClN3O2S2/c1-7-14-5-8(18-7)6-15-11-4-9(19(13,16)17)2-3-10(11)12/h2-5,15H,6H2,1H3,(H2,13,16,17). The van der Waals surface area contributed by atoms with Crippen molar-refractivity contribution in [3.63, 3.8) is 0 Å². The van der Waals surface area contributed by atoms with E-state index >= 15 is 0 Å². The van der Waals surface area contributed by atoms with Gasteiger partial charge in [-0.3, -0.25) is 0 Å². The molecule has 0 saturated heterocycles. The molecule has 0 amide bonds. The highest BCUT2D eigenvalue weighted by atomic mass is 35.5. The molecular formula is C11H12ClN3O2S2. The Morgan fingerprint density at radius 1 is 1.47 bits per heavy atom. The Bertz CT molecular complexity index is 698. The van der Waals surface area contributed by atoms with E-state index in [1.165, 1.54) is 18.2 Å². The first kappa shape index (κ1) is 14.3. The molecule has 0 fully saturated rings. The monoisotopic (exact) mass is 317 g/mol. The number of hydrogen-bond acceptors (Lipinski definition) is 5. The Kier molecular flexibility index (Phi) is 4.10. The van der Waals surface area contributed by atoms with Crippen molar-refractivity contribution < 1.29 is 8.42 Å². The number of anilines is 1. The maximum absolute atomic E-state index is 11.3. The third kappa shape index (κ3) is 3.66. The van der Waals surface area contributed by atoms with Crippen LogP contribution in [-0.4, -0.2) is 13.4 Å². The lowest BCUT2D eigenvalue weighted by molar-refractivity contribution is 0.598. The van der Waals surface area contributed by atoms with E-state index in [4.69, 9.17) is 16.7 Å². The molecule has 1 aromatic heterocycles. The van der Waals surface area contributed by atoms with Crippen LogP contribution in [0.5, 0.6) is 0 Å². The molecule has 0 aliphatic carbocycles. The second-order valence-corrected chi connectivity index (χ2v) is 7.17. The van der Waals surface area contributed by atoms with E-state index in [0.29, 0.717) is 17.3 Å². The zero-order chi connectivity index (χ0) is 14.0. The highest BCUT2D eigenvalue weighted by Gasteiger charge is 2.10. The van der Waals surface area contributed by atoms with Crippen molar-refractivity contribution in [3.8, 4) is 0 Å². The Morgan fingerprint density at radius 3 is 2.79 bits per heavy atom. The van der Waals surface area contributed by atoms with E-state index in [2.05, 4.69) is 10.3 Å². The molecule has 2 aromatic rings. The quantitative estimate of drug-likeness (QED) is 0.906. The summed E-state index contributed by atoms with van der Waals surface area (Å²) in [5.74, 6) is 0. The van der Waals surface area contributed by atoms with Crippen LogP contribution in [0.25, 0.3) is 0 Å². The van der Waals surface area contributed by atoms with Crippen LogP contribution in [-0.2, 0) is 16.6 Å². The average molecular weight is 318 g/mol. The van der Waals surface area contributed by atoms with Gasteiger partial charge in [-0.1, -0.05) is 11.6 Å². The van der Waals surface area contributed by atoms with Crippen molar-refractivity contribution in [1.29, 1.82) is 0 Å². The number of nitrogens with one attached hydrogen (secondary N) is 1. The minimum absolute atomic E-state index is 0.0277. The molecule has 0 atom stereocenters. The molecule has 0 aliphatic rings. The van der Waals surface area contributed by atoms with Crippen LogP contribution >= 0.6 is 22.9 Å². The molecule has 2 rings (SSSR count). The summed E-state index contributed by atoms with van der Waals surface area (Å²) in [7, 11) is -3.73. The van der Waals surface area contributed by atoms with Crippen molar-refractivity contribution in [2.75, 3.05) is 5.32 Å². The summed E-state index contributed by atoms with van der Waals surface area (Å²) in [4.78, 5) is 5.20. The van der Waals surface area contributed by atoms with Crippen LogP contribution < -0.4 is 10.5 Å². The number of nitrogens with two attached hydrogens (primary N) is 1. The lowest BCUT2D eigenvalue weighted by Crippen LogP contribution is -2.12. The molecule has 19 heavy (non-hydrogen) atoms. The van der Waals surface area contributed by atoms with Crippen LogP contribution in [0.15, 0.2) is 29.3 Å². The predicted molar refractivity (Wildman–Crippen MR) is 77.0 cm³/mol. The Balaban J connectivity index is 2.20. The summed E-state index contributed by atoms with van der Waals surface area (Å²) in [5.41, 5.74) is 0.527. The first-order valence-corrected chi connectivity index (χ1v) is 8.08. The maximum atomic E-state index is 11.3. The number of nitrogens with zero attached hydrogens (tertiary/aromatic N) is 1. The topological polar surface area (TPSA) is 85.1 Å². The van der Waals surface area contributed by atoms with Crippen LogP contribution in [0.2, 0.25) is 5.02 Å². The number of thiazole rings is 1. The van der Waals surface area contributed by atoms with Gasteiger partial charge < -0.3 is 5.32 Å². The highest BCUT2D eigenvalue weighted by molar-refractivity contribution is 7.89. The molecular weight excluding hydrogens is 306 g/mol. The van der Waals surface area contributed by atoms with Crippen molar-refractivity contribution >= 4 is 38.6 Å². The van der Waals surface area contributed by atoms with E-state index < -0.39 is 10.0 Å². The SMILES string of the molecule is Cc1ncc(CNc2cc(S(N)(=O)=O)ccc2Cl)s1. The Morgan fingerprint density at radius 2 is 2.21 bits per heavy atom. The van der Waals surface area contributed by atoms with E-state index in [9.17, 15) is 8.42 Å². The first-order valence-electron chi connectivity index (χ1n) is 5.34. The maximum Gasteiger partial charge on any atom is 0.238 e. The molecule has 8 heteroatoms. The molecule has 1 aromatic carbocycles. The number of benzene rings is 1. The summed E-state index contributed by atoms with van der Waals surface area (Å²) in [6, 6.07) is 4.30. The van der Waals surface area contributed by atoms with Crippen LogP contribution in [0.3, 0.4) is 0 Å². The number of aryl methyl sites for hydroxylation is 1. The Labute approximate surface area is 120 Å². The third-order valence-corrected chi connectivity index (χ3v) is 4.54. The lowest BCUT2D eigenvalue weighted by atomic mass is 10.3. The lowest BCUT2D eigenvalue weighted by Gasteiger charge is -2.08. The second-order valence-electron chi connectivity index (χ2n) is 3.89. The molecule has 0 aliphatic heterocycles. The van der Waals surface area contributed by atoms with Crippen molar-refractivity contribution in [1.82, 2.24) is 4.98 Å². The normalized spacial score (nSPS) is 11.5. The van der Waals surface area contributed by atoms with Gasteiger partial charge in [-0.05, 0) is 25.1 Å². The summed E-state index contributed by atoms with van der Waals surface area (Å²) in [6.45, 7) is 2.45. The van der Waals surface area contributed by atoms with E-state index in [0.717, 1.165) is 9.88 Å². The van der Waals surface area contributed by atoms with Crippen molar-refractivity contribution in [2.24, 2.45) is 5.14 Å². The van der Waals surface area contributed by atoms with Gasteiger partial charge in [-0.2, -0.15) is 0 Å². The molecule has 0 unspecified atom stereocenters.